The summed E-state index contributed by atoms with van der Waals surface area (Å²) in [6, 6.07) is 11.7. The molecule has 1 unspecified atom stereocenters. The van der Waals surface area contributed by atoms with E-state index in [9.17, 15) is 22.8 Å². The van der Waals surface area contributed by atoms with Gasteiger partial charge in [0.05, 0.1) is 10.6 Å². The third-order valence-corrected chi connectivity index (χ3v) is 5.88. The summed E-state index contributed by atoms with van der Waals surface area (Å²) in [7, 11) is -4.03. The maximum atomic E-state index is 12.7. The van der Waals surface area contributed by atoms with Crippen molar-refractivity contribution in [1.82, 2.24) is 15.4 Å². The van der Waals surface area contributed by atoms with E-state index in [0.29, 0.717) is 6.54 Å². The maximum absolute atomic E-state index is 12.7. The molecule has 0 radical (unpaired) electrons. The second-order valence-electron chi connectivity index (χ2n) is 6.35. The van der Waals surface area contributed by atoms with Crippen LogP contribution in [0.1, 0.15) is 29.8 Å². The third kappa shape index (κ3) is 7.06. The van der Waals surface area contributed by atoms with Crippen LogP contribution in [-0.4, -0.2) is 39.0 Å². The average Bonchev–Trinajstić information content (AvgIpc) is 2.73. The number of carbonyl (C=O) groups is 3. The second-order valence-corrected chi connectivity index (χ2v) is 8.49. The van der Waals surface area contributed by atoms with E-state index >= 15 is 0 Å². The number of rotatable bonds is 8. The van der Waals surface area contributed by atoms with Crippen LogP contribution >= 0.6 is 11.6 Å². The highest BCUT2D eigenvalue weighted by molar-refractivity contribution is 7.89. The topological polar surface area (TPSA) is 131 Å². The summed E-state index contributed by atoms with van der Waals surface area (Å²) >= 11 is 6.03. The summed E-state index contributed by atoms with van der Waals surface area (Å²) in [6.45, 7) is 3.30. The van der Waals surface area contributed by atoms with Gasteiger partial charge in [-0.05, 0) is 37.6 Å². The van der Waals surface area contributed by atoms with E-state index in [1.165, 1.54) is 19.1 Å². The molecule has 2 rings (SSSR count). The maximum Gasteiger partial charge on any atom is 0.338 e. The van der Waals surface area contributed by atoms with Gasteiger partial charge in [0, 0.05) is 13.1 Å². The van der Waals surface area contributed by atoms with Crippen molar-refractivity contribution in [2.75, 3.05) is 6.54 Å². The van der Waals surface area contributed by atoms with Crippen LogP contribution in [0.4, 0.5) is 4.79 Å². The number of nitrogens with one attached hydrogen (secondary N) is 3. The van der Waals surface area contributed by atoms with Gasteiger partial charge in [-0.1, -0.05) is 41.9 Å². The molecule has 0 heterocycles. The Morgan fingerprint density at radius 2 is 1.77 bits per heavy atom. The molecule has 0 aliphatic rings. The largest absolute Gasteiger partial charge is 0.449 e. The van der Waals surface area contributed by atoms with Crippen LogP contribution in [-0.2, 0) is 26.1 Å². The van der Waals surface area contributed by atoms with Crippen LogP contribution in [0, 0.1) is 0 Å². The van der Waals surface area contributed by atoms with Gasteiger partial charge in [0.25, 0.3) is 5.91 Å². The van der Waals surface area contributed by atoms with Crippen LogP contribution < -0.4 is 15.4 Å². The van der Waals surface area contributed by atoms with Crippen LogP contribution in [0.15, 0.2) is 53.4 Å². The summed E-state index contributed by atoms with van der Waals surface area (Å²) in [6.07, 6.45) is -1.29. The highest BCUT2D eigenvalue weighted by Gasteiger charge is 2.24. The fraction of sp³-hybridized carbons (Fsp3) is 0.250. The van der Waals surface area contributed by atoms with Gasteiger partial charge >= 0.3 is 12.0 Å². The fourth-order valence-electron chi connectivity index (χ4n) is 2.39. The molecule has 2 aromatic carbocycles. The summed E-state index contributed by atoms with van der Waals surface area (Å²) in [5.74, 6) is -1.78. The van der Waals surface area contributed by atoms with E-state index in [0.717, 1.165) is 11.6 Å². The minimum atomic E-state index is -4.03. The van der Waals surface area contributed by atoms with E-state index in [-0.39, 0.29) is 22.0 Å². The molecule has 9 nitrogen and oxygen atoms in total. The van der Waals surface area contributed by atoms with Gasteiger partial charge in [-0.25, -0.2) is 22.7 Å². The summed E-state index contributed by atoms with van der Waals surface area (Å²) in [5.41, 5.74) is 0.617. The number of sulfonamides is 1. The molecular weight excluding hydrogens is 446 g/mol. The van der Waals surface area contributed by atoms with Crippen molar-refractivity contribution in [3.05, 3.63) is 64.7 Å². The molecule has 0 aromatic heterocycles. The Labute approximate surface area is 185 Å². The number of hydrogen-bond donors (Lipinski definition) is 3. The van der Waals surface area contributed by atoms with Gasteiger partial charge in [-0.3, -0.25) is 10.1 Å². The lowest BCUT2D eigenvalue weighted by molar-refractivity contribution is -0.127. The van der Waals surface area contributed by atoms with Gasteiger partial charge in [0.1, 0.15) is 4.90 Å². The molecule has 1 atom stereocenters. The number of hydrogen-bond acceptors (Lipinski definition) is 6. The molecule has 0 saturated heterocycles. The predicted molar refractivity (Wildman–Crippen MR) is 114 cm³/mol. The highest BCUT2D eigenvalue weighted by atomic mass is 35.5. The van der Waals surface area contributed by atoms with Crippen molar-refractivity contribution in [1.29, 1.82) is 0 Å². The minimum absolute atomic E-state index is 0.0329. The fourth-order valence-corrected chi connectivity index (χ4v) is 3.93. The number of ether oxygens (including phenoxy) is 1. The molecule has 0 aliphatic carbocycles. The van der Waals surface area contributed by atoms with E-state index in [1.807, 2.05) is 5.32 Å². The van der Waals surface area contributed by atoms with Gasteiger partial charge < -0.3 is 10.1 Å². The molecule has 2 aromatic rings. The van der Waals surface area contributed by atoms with Crippen LogP contribution in [0.2, 0.25) is 5.02 Å². The molecule has 0 fully saturated rings. The van der Waals surface area contributed by atoms with E-state index in [4.69, 9.17) is 16.3 Å². The zero-order valence-electron chi connectivity index (χ0n) is 16.8. The van der Waals surface area contributed by atoms with Crippen LogP contribution in [0.5, 0.6) is 0 Å². The Hall–Kier alpha value is -2.95. The predicted octanol–water partition coefficient (Wildman–Crippen LogP) is 2.21. The van der Waals surface area contributed by atoms with Crippen molar-refractivity contribution >= 4 is 39.5 Å². The molecule has 166 valence electrons. The second kappa shape index (κ2) is 10.9. The highest BCUT2D eigenvalue weighted by Crippen LogP contribution is 2.23. The normalized spacial score (nSPS) is 12.0. The third-order valence-electron chi connectivity index (χ3n) is 3.99. The number of imide groups is 1. The Morgan fingerprint density at radius 1 is 1.10 bits per heavy atom. The standard InChI is InChI=1S/C20H22ClN3O6S/c1-3-22-20(27)24-18(25)13(2)30-19(26)15-9-10-16(21)17(11-15)31(28,29)23-12-14-7-5-4-6-8-14/h4-11,13,23H,3,12H2,1-2H3,(H2,22,24,25,27). The Bertz CT molecular complexity index is 1060. The molecular formula is C20H22ClN3O6S. The first-order valence-corrected chi connectivity index (χ1v) is 11.1. The number of urea groups is 1. The number of amides is 3. The first-order chi connectivity index (χ1) is 14.6. The van der Waals surface area contributed by atoms with Crippen molar-refractivity contribution in [2.24, 2.45) is 0 Å². The summed E-state index contributed by atoms with van der Waals surface area (Å²) < 4.78 is 32.8. The lowest BCUT2D eigenvalue weighted by Gasteiger charge is -2.14. The zero-order chi connectivity index (χ0) is 23.0. The van der Waals surface area contributed by atoms with E-state index < -0.39 is 34.0 Å². The smallest absolute Gasteiger partial charge is 0.338 e. The first-order valence-electron chi connectivity index (χ1n) is 9.27. The van der Waals surface area contributed by atoms with E-state index in [2.05, 4.69) is 10.0 Å². The Morgan fingerprint density at radius 3 is 2.42 bits per heavy atom. The molecule has 31 heavy (non-hydrogen) atoms. The minimum Gasteiger partial charge on any atom is -0.449 e. The zero-order valence-corrected chi connectivity index (χ0v) is 18.4. The average molecular weight is 468 g/mol. The van der Waals surface area contributed by atoms with Gasteiger partial charge in [0.15, 0.2) is 6.10 Å². The quantitative estimate of drug-likeness (QED) is 0.510. The molecule has 11 heteroatoms. The number of esters is 1. The molecule has 0 saturated carbocycles. The Kier molecular flexibility index (Phi) is 8.55. The van der Waals surface area contributed by atoms with Crippen LogP contribution in [0.3, 0.4) is 0 Å². The van der Waals surface area contributed by atoms with Gasteiger partial charge in [-0.15, -0.1) is 0 Å². The summed E-state index contributed by atoms with van der Waals surface area (Å²) in [4.78, 5) is 35.4. The lowest BCUT2D eigenvalue weighted by atomic mass is 10.2. The molecule has 0 aliphatic heterocycles. The number of carbonyl (C=O) groups excluding carboxylic acids is 3. The molecule has 0 bridgehead atoms. The number of halogens is 1. The van der Waals surface area contributed by atoms with E-state index in [1.54, 1.807) is 37.3 Å². The Balaban J connectivity index is 2.11. The molecule has 3 N–H and O–H groups in total. The SMILES string of the molecule is CCNC(=O)NC(=O)C(C)OC(=O)c1ccc(Cl)c(S(=O)(=O)NCc2ccccc2)c1. The van der Waals surface area contributed by atoms with Crippen LogP contribution in [0.25, 0.3) is 0 Å². The number of benzene rings is 2. The van der Waals surface area contributed by atoms with Crippen molar-refractivity contribution < 1.29 is 27.5 Å². The van der Waals surface area contributed by atoms with Crippen molar-refractivity contribution in [3.8, 4) is 0 Å². The summed E-state index contributed by atoms with van der Waals surface area (Å²) in [5, 5.41) is 4.31. The molecule has 0 spiro atoms. The van der Waals surface area contributed by atoms with Crippen molar-refractivity contribution in [3.63, 3.8) is 0 Å². The molecule has 3 amide bonds. The lowest BCUT2D eigenvalue weighted by Crippen LogP contribution is -2.44. The monoisotopic (exact) mass is 467 g/mol. The van der Waals surface area contributed by atoms with Crippen molar-refractivity contribution in [2.45, 2.75) is 31.4 Å². The van der Waals surface area contributed by atoms with Gasteiger partial charge in [-0.2, -0.15) is 0 Å². The van der Waals surface area contributed by atoms with Gasteiger partial charge in [0.2, 0.25) is 10.0 Å². The first kappa shape index (κ1) is 24.3.